The number of nitrogens with one attached hydrogen (secondary N) is 1. The number of anilines is 2. The van der Waals surface area contributed by atoms with E-state index in [1.54, 1.807) is 17.5 Å². The third-order valence-electron chi connectivity index (χ3n) is 2.54. The van der Waals surface area contributed by atoms with Crippen molar-refractivity contribution in [1.29, 1.82) is 0 Å². The number of thiazole rings is 1. The van der Waals surface area contributed by atoms with Gasteiger partial charge in [0, 0.05) is 21.6 Å². The Balaban J connectivity index is 1.80. The molecule has 3 aromatic rings. The molecule has 0 aliphatic rings. The molecule has 0 aliphatic heterocycles. The number of benzene rings is 1. The molecule has 0 amide bonds. The average Bonchev–Trinajstić information content (AvgIpc) is 2.91. The molecular formula is C14H10BrN3S. The largest absolute Gasteiger partial charge is 0.316 e. The summed E-state index contributed by atoms with van der Waals surface area (Å²) in [7, 11) is 0. The predicted octanol–water partition coefficient (Wildman–Crippen LogP) is 4.71. The van der Waals surface area contributed by atoms with Gasteiger partial charge in [0.2, 0.25) is 0 Å². The molecule has 3 rings (SSSR count). The Labute approximate surface area is 123 Å². The lowest BCUT2D eigenvalue weighted by Gasteiger charge is -2.00. The maximum atomic E-state index is 4.55. The first kappa shape index (κ1) is 12.3. The van der Waals surface area contributed by atoms with E-state index in [0.717, 1.165) is 26.7 Å². The summed E-state index contributed by atoms with van der Waals surface area (Å²) >= 11 is 4.93. The molecule has 0 radical (unpaired) electrons. The Morgan fingerprint density at radius 2 is 1.89 bits per heavy atom. The Kier molecular flexibility index (Phi) is 3.57. The van der Waals surface area contributed by atoms with Crippen molar-refractivity contribution in [1.82, 2.24) is 9.97 Å². The third kappa shape index (κ3) is 3.00. The van der Waals surface area contributed by atoms with Crippen LogP contribution < -0.4 is 5.32 Å². The number of rotatable bonds is 3. The Bertz CT molecular complexity index is 665. The van der Waals surface area contributed by atoms with Crippen molar-refractivity contribution in [2.45, 2.75) is 0 Å². The quantitative estimate of drug-likeness (QED) is 0.755. The molecule has 0 fully saturated rings. The topological polar surface area (TPSA) is 37.8 Å². The highest BCUT2D eigenvalue weighted by molar-refractivity contribution is 9.10. The van der Waals surface area contributed by atoms with E-state index in [-0.39, 0.29) is 0 Å². The summed E-state index contributed by atoms with van der Waals surface area (Å²) < 4.78 is 0.960. The number of hydrogen-bond acceptors (Lipinski definition) is 4. The normalized spacial score (nSPS) is 10.4. The van der Waals surface area contributed by atoms with Crippen LogP contribution in [0.1, 0.15) is 0 Å². The lowest BCUT2D eigenvalue weighted by molar-refractivity contribution is 1.28. The number of halogens is 1. The second-order valence-electron chi connectivity index (χ2n) is 3.89. The molecule has 94 valence electrons. The van der Waals surface area contributed by atoms with E-state index in [0.29, 0.717) is 0 Å². The van der Waals surface area contributed by atoms with Gasteiger partial charge in [0.25, 0.3) is 0 Å². The highest BCUT2D eigenvalue weighted by atomic mass is 79.9. The van der Waals surface area contributed by atoms with Crippen molar-refractivity contribution in [3.63, 3.8) is 0 Å². The molecule has 0 bridgehead atoms. The van der Waals surface area contributed by atoms with Gasteiger partial charge in [-0.3, -0.25) is 0 Å². The van der Waals surface area contributed by atoms with Gasteiger partial charge in [0.1, 0.15) is 5.82 Å². The summed E-state index contributed by atoms with van der Waals surface area (Å²) in [5.74, 6) is 0.789. The number of hydrogen-bond donors (Lipinski definition) is 1. The van der Waals surface area contributed by atoms with Crippen molar-refractivity contribution in [3.8, 4) is 11.3 Å². The average molecular weight is 332 g/mol. The minimum Gasteiger partial charge on any atom is -0.316 e. The van der Waals surface area contributed by atoms with Crippen LogP contribution in [0.4, 0.5) is 10.9 Å². The summed E-state index contributed by atoms with van der Waals surface area (Å²) in [6, 6.07) is 14.0. The SMILES string of the molecule is Brc1ccc(Nc2nc(-c3ccccc3)cs2)nc1. The van der Waals surface area contributed by atoms with E-state index in [9.17, 15) is 0 Å². The molecule has 0 aliphatic carbocycles. The second kappa shape index (κ2) is 5.50. The summed E-state index contributed by atoms with van der Waals surface area (Å²) in [6.45, 7) is 0. The third-order valence-corrected chi connectivity index (χ3v) is 3.76. The summed E-state index contributed by atoms with van der Waals surface area (Å²) in [6.07, 6.45) is 1.76. The van der Waals surface area contributed by atoms with Gasteiger partial charge in [-0.05, 0) is 28.1 Å². The lowest BCUT2D eigenvalue weighted by Crippen LogP contribution is -1.92. The zero-order valence-corrected chi connectivity index (χ0v) is 12.3. The number of pyridine rings is 1. The van der Waals surface area contributed by atoms with Gasteiger partial charge in [0.05, 0.1) is 5.69 Å². The smallest absolute Gasteiger partial charge is 0.188 e. The van der Waals surface area contributed by atoms with Crippen molar-refractivity contribution >= 4 is 38.2 Å². The van der Waals surface area contributed by atoms with Crippen LogP contribution in [0.2, 0.25) is 0 Å². The van der Waals surface area contributed by atoms with Crippen molar-refractivity contribution in [3.05, 3.63) is 58.5 Å². The first-order valence-corrected chi connectivity index (χ1v) is 7.38. The maximum absolute atomic E-state index is 4.55. The van der Waals surface area contributed by atoms with Crippen LogP contribution in [0.5, 0.6) is 0 Å². The zero-order valence-electron chi connectivity index (χ0n) is 9.88. The highest BCUT2D eigenvalue weighted by Crippen LogP contribution is 2.26. The molecule has 19 heavy (non-hydrogen) atoms. The summed E-state index contributed by atoms with van der Waals surface area (Å²) in [4.78, 5) is 8.82. The predicted molar refractivity (Wildman–Crippen MR) is 82.8 cm³/mol. The van der Waals surface area contributed by atoms with Crippen LogP contribution in [0.3, 0.4) is 0 Å². The Hall–Kier alpha value is -1.72. The van der Waals surface area contributed by atoms with Crippen LogP contribution >= 0.6 is 27.3 Å². The zero-order chi connectivity index (χ0) is 13.1. The highest BCUT2D eigenvalue weighted by Gasteiger charge is 2.04. The number of nitrogens with zero attached hydrogens (tertiary/aromatic N) is 2. The molecule has 2 heterocycles. The molecule has 0 atom stereocenters. The Morgan fingerprint density at radius 3 is 2.63 bits per heavy atom. The van der Waals surface area contributed by atoms with E-state index in [2.05, 4.69) is 43.3 Å². The molecule has 0 spiro atoms. The monoisotopic (exact) mass is 331 g/mol. The maximum Gasteiger partial charge on any atom is 0.188 e. The van der Waals surface area contributed by atoms with Crippen molar-refractivity contribution < 1.29 is 0 Å². The van der Waals surface area contributed by atoms with Gasteiger partial charge in [0.15, 0.2) is 5.13 Å². The first-order chi connectivity index (χ1) is 9.31. The molecule has 0 unspecified atom stereocenters. The van der Waals surface area contributed by atoms with Gasteiger partial charge >= 0.3 is 0 Å². The van der Waals surface area contributed by atoms with Crippen molar-refractivity contribution in [2.24, 2.45) is 0 Å². The lowest BCUT2D eigenvalue weighted by atomic mass is 10.2. The van der Waals surface area contributed by atoms with Crippen LogP contribution in [-0.2, 0) is 0 Å². The molecule has 3 nitrogen and oxygen atoms in total. The van der Waals surface area contributed by atoms with Gasteiger partial charge in [-0.2, -0.15) is 0 Å². The molecule has 0 saturated heterocycles. The second-order valence-corrected chi connectivity index (χ2v) is 5.66. The van der Waals surface area contributed by atoms with Gasteiger partial charge < -0.3 is 5.32 Å². The van der Waals surface area contributed by atoms with Gasteiger partial charge in [-0.1, -0.05) is 30.3 Å². The van der Waals surface area contributed by atoms with E-state index in [1.165, 1.54) is 0 Å². The van der Waals surface area contributed by atoms with E-state index >= 15 is 0 Å². The fraction of sp³-hybridized carbons (Fsp3) is 0. The van der Waals surface area contributed by atoms with Crippen LogP contribution in [-0.4, -0.2) is 9.97 Å². The first-order valence-electron chi connectivity index (χ1n) is 5.71. The standard InChI is InChI=1S/C14H10BrN3S/c15-11-6-7-13(16-8-11)18-14-17-12(9-19-14)10-4-2-1-3-5-10/h1-9H,(H,16,17,18). The van der Waals surface area contributed by atoms with E-state index in [4.69, 9.17) is 0 Å². The minimum atomic E-state index is 0.789. The molecule has 0 saturated carbocycles. The fourth-order valence-electron chi connectivity index (χ4n) is 1.63. The van der Waals surface area contributed by atoms with Gasteiger partial charge in [-0.15, -0.1) is 11.3 Å². The van der Waals surface area contributed by atoms with Crippen molar-refractivity contribution in [2.75, 3.05) is 5.32 Å². The molecular weight excluding hydrogens is 322 g/mol. The van der Waals surface area contributed by atoms with Crippen LogP contribution in [0.25, 0.3) is 11.3 Å². The van der Waals surface area contributed by atoms with Gasteiger partial charge in [-0.25, -0.2) is 9.97 Å². The molecule has 5 heteroatoms. The van der Waals surface area contributed by atoms with Crippen LogP contribution in [0, 0.1) is 0 Å². The van der Waals surface area contributed by atoms with Crippen LogP contribution in [0.15, 0.2) is 58.5 Å². The molecule has 1 aromatic carbocycles. The minimum absolute atomic E-state index is 0.789. The molecule has 2 aromatic heterocycles. The summed E-state index contributed by atoms with van der Waals surface area (Å²) in [5, 5.41) is 6.08. The van der Waals surface area contributed by atoms with E-state index in [1.807, 2.05) is 35.7 Å². The van der Waals surface area contributed by atoms with E-state index < -0.39 is 0 Å². The number of aromatic nitrogens is 2. The fourth-order valence-corrected chi connectivity index (χ4v) is 2.59. The summed E-state index contributed by atoms with van der Waals surface area (Å²) in [5.41, 5.74) is 2.10. The Morgan fingerprint density at radius 1 is 1.05 bits per heavy atom. The molecule has 1 N–H and O–H groups in total.